The minimum absolute atomic E-state index is 0.0243. The lowest BCUT2D eigenvalue weighted by Crippen LogP contribution is -2.15. The zero-order chi connectivity index (χ0) is 38.8. The molecule has 4 aromatic heterocycles. The molecule has 4 heterocycles. The van der Waals surface area contributed by atoms with Crippen LogP contribution in [0.2, 0.25) is 0 Å². The van der Waals surface area contributed by atoms with Gasteiger partial charge in [-0.3, -0.25) is 4.79 Å². The zero-order valence-electron chi connectivity index (χ0n) is 31.5. The maximum atomic E-state index is 12.0. The number of esters is 1. The molecule has 6 rings (SSSR count). The second-order valence-corrected chi connectivity index (χ2v) is 17.2. The predicted molar refractivity (Wildman–Crippen MR) is 221 cm³/mol. The Morgan fingerprint density at radius 2 is 0.943 bits per heavy atom. The van der Waals surface area contributed by atoms with Crippen LogP contribution in [0.5, 0.6) is 11.5 Å². The summed E-state index contributed by atoms with van der Waals surface area (Å²) in [5.74, 6) is 1.09. The molecule has 0 radical (unpaired) electrons. The predicted octanol–water partition coefficient (Wildman–Crippen LogP) is 11.4. The molecule has 11 heteroatoms. The van der Waals surface area contributed by atoms with Gasteiger partial charge in [0.25, 0.3) is 0 Å². The molecule has 0 spiro atoms. The van der Waals surface area contributed by atoms with Crippen molar-refractivity contribution in [2.45, 2.75) is 59.7 Å². The van der Waals surface area contributed by atoms with Gasteiger partial charge in [0.05, 0.1) is 38.1 Å². The third-order valence-corrected chi connectivity index (χ3v) is 12.6. The van der Waals surface area contributed by atoms with Crippen LogP contribution in [-0.4, -0.2) is 43.3 Å². The maximum absolute atomic E-state index is 12.0. The summed E-state index contributed by atoms with van der Waals surface area (Å²) in [6, 6.07) is 15.6. The van der Waals surface area contributed by atoms with Gasteiger partial charge in [-0.05, 0) is 141 Å². The number of carbonyl (C=O) groups excluding carboxylic acids is 2. The van der Waals surface area contributed by atoms with Gasteiger partial charge < -0.3 is 24.4 Å². The first-order valence-corrected chi connectivity index (χ1v) is 20.3. The highest BCUT2D eigenvalue weighted by Crippen LogP contribution is 2.46. The van der Waals surface area contributed by atoms with Crippen LogP contribution in [0, 0.1) is 13.8 Å². The Kier molecular flexibility index (Phi) is 12.2. The van der Waals surface area contributed by atoms with E-state index in [4.69, 9.17) is 14.2 Å². The standard InChI is InChI=1S/C22H26O3S2.C20H18O4S2/c1-13-11-15(20-17(8-10-27-20)22(4,5)24)18(25-6)12-14(13)19-16(7-9-26-19)21(2,3)23;1-11-9-16(18-13(12(2)21)5-7-25-18)17(23-3)10-15(11)19-14(6-8-26-19)20(22)24-4/h7-12,23-24H,1-6H3;5-10H,1-4H3. The zero-order valence-corrected chi connectivity index (χ0v) is 34.8. The normalized spacial score (nSPS) is 11.5. The molecule has 2 N–H and O–H groups in total. The van der Waals surface area contributed by atoms with Crippen LogP contribution in [0.4, 0.5) is 0 Å². The first kappa shape index (κ1) is 40.1. The van der Waals surface area contributed by atoms with Gasteiger partial charge in [0.15, 0.2) is 5.78 Å². The third kappa shape index (κ3) is 8.36. The van der Waals surface area contributed by atoms with Gasteiger partial charge >= 0.3 is 5.97 Å². The van der Waals surface area contributed by atoms with Gasteiger partial charge in [-0.25, -0.2) is 4.79 Å². The molecular weight excluding hydrogens is 745 g/mol. The average Bonchev–Trinajstić information content (AvgIpc) is 3.93. The van der Waals surface area contributed by atoms with Gasteiger partial charge in [0, 0.05) is 47.3 Å². The van der Waals surface area contributed by atoms with Gasteiger partial charge in [0.2, 0.25) is 0 Å². The van der Waals surface area contributed by atoms with E-state index in [1.165, 1.54) is 29.8 Å². The number of methoxy groups -OCH3 is 3. The Labute approximate surface area is 327 Å². The highest BCUT2D eigenvalue weighted by molar-refractivity contribution is 7.15. The van der Waals surface area contributed by atoms with Crippen LogP contribution in [-0.2, 0) is 15.9 Å². The number of thiophene rings is 4. The number of carbonyl (C=O) groups is 2. The van der Waals surface area contributed by atoms with Crippen molar-refractivity contribution in [2.24, 2.45) is 0 Å². The van der Waals surface area contributed by atoms with E-state index in [-0.39, 0.29) is 11.8 Å². The lowest BCUT2D eigenvalue weighted by molar-refractivity contribution is 0.0601. The van der Waals surface area contributed by atoms with Crippen LogP contribution < -0.4 is 9.47 Å². The monoisotopic (exact) mass is 788 g/mol. The minimum atomic E-state index is -0.922. The van der Waals surface area contributed by atoms with Crippen LogP contribution in [0.15, 0.2) is 70.1 Å². The number of benzene rings is 2. The smallest absolute Gasteiger partial charge is 0.339 e. The number of ether oxygens (including phenoxy) is 3. The molecule has 7 nitrogen and oxygen atoms in total. The van der Waals surface area contributed by atoms with Crippen molar-refractivity contribution < 1.29 is 34.0 Å². The third-order valence-electron chi connectivity index (χ3n) is 8.84. The Morgan fingerprint density at radius 3 is 1.38 bits per heavy atom. The summed E-state index contributed by atoms with van der Waals surface area (Å²) in [6.45, 7) is 12.8. The first-order valence-electron chi connectivity index (χ1n) is 16.7. The van der Waals surface area contributed by atoms with Crippen molar-refractivity contribution in [3.8, 4) is 53.3 Å². The van der Waals surface area contributed by atoms with E-state index >= 15 is 0 Å². The summed E-state index contributed by atoms with van der Waals surface area (Å²) in [4.78, 5) is 27.7. The first-order chi connectivity index (χ1) is 25.0. The van der Waals surface area contributed by atoms with Crippen LogP contribution in [0.1, 0.15) is 77.6 Å². The summed E-state index contributed by atoms with van der Waals surface area (Å²) in [6.07, 6.45) is 0. The molecular formula is C42H44O7S4. The molecule has 0 unspecified atom stereocenters. The van der Waals surface area contributed by atoms with E-state index < -0.39 is 11.2 Å². The van der Waals surface area contributed by atoms with Crippen LogP contribution in [0.3, 0.4) is 0 Å². The van der Waals surface area contributed by atoms with Gasteiger partial charge in [-0.2, -0.15) is 0 Å². The van der Waals surface area contributed by atoms with Gasteiger partial charge in [-0.15, -0.1) is 45.3 Å². The van der Waals surface area contributed by atoms with E-state index in [1.807, 2.05) is 64.8 Å². The number of rotatable bonds is 10. The molecule has 278 valence electrons. The largest absolute Gasteiger partial charge is 0.496 e. The number of aliphatic hydroxyl groups is 2. The maximum Gasteiger partial charge on any atom is 0.339 e. The van der Waals surface area contributed by atoms with Crippen molar-refractivity contribution in [3.63, 3.8) is 0 Å². The minimum Gasteiger partial charge on any atom is -0.496 e. The van der Waals surface area contributed by atoms with E-state index in [9.17, 15) is 19.8 Å². The Balaban J connectivity index is 0.000000204. The topological polar surface area (TPSA) is 102 Å². The Bertz CT molecular complexity index is 2250. The van der Waals surface area contributed by atoms with E-state index in [2.05, 4.69) is 13.0 Å². The van der Waals surface area contributed by atoms with Crippen molar-refractivity contribution in [2.75, 3.05) is 21.3 Å². The lowest BCUT2D eigenvalue weighted by Gasteiger charge is -2.22. The van der Waals surface area contributed by atoms with Crippen LogP contribution >= 0.6 is 45.3 Å². The second kappa shape index (κ2) is 16.1. The molecule has 0 aliphatic carbocycles. The number of ketones is 1. The fourth-order valence-electron chi connectivity index (χ4n) is 6.14. The highest BCUT2D eigenvalue weighted by atomic mass is 32.1. The van der Waals surface area contributed by atoms with Crippen molar-refractivity contribution >= 4 is 57.1 Å². The quantitative estimate of drug-likeness (QED) is 0.105. The summed E-state index contributed by atoms with van der Waals surface area (Å²) in [5.41, 5.74) is 7.14. The molecule has 0 atom stereocenters. The number of hydrogen-bond acceptors (Lipinski definition) is 11. The van der Waals surface area contributed by atoms with Crippen LogP contribution in [0.25, 0.3) is 41.8 Å². The summed E-state index contributed by atoms with van der Waals surface area (Å²) >= 11 is 6.22. The summed E-state index contributed by atoms with van der Waals surface area (Å²) in [5, 5.41) is 28.8. The van der Waals surface area contributed by atoms with Crippen molar-refractivity contribution in [1.29, 1.82) is 0 Å². The number of Topliss-reactive ketones (excluding diaryl/α,β-unsaturated/α-hetero) is 1. The lowest BCUT2D eigenvalue weighted by atomic mass is 9.91. The Morgan fingerprint density at radius 1 is 0.566 bits per heavy atom. The molecule has 0 aliphatic heterocycles. The van der Waals surface area contributed by atoms with Gasteiger partial charge in [-0.1, -0.05) is 0 Å². The van der Waals surface area contributed by atoms with Crippen molar-refractivity contribution in [1.82, 2.24) is 0 Å². The molecule has 0 aliphatic rings. The average molecular weight is 789 g/mol. The van der Waals surface area contributed by atoms with E-state index in [0.717, 1.165) is 69.8 Å². The molecule has 0 bridgehead atoms. The molecule has 0 saturated carbocycles. The Hall–Kier alpha value is -4.10. The number of aryl methyl sites for hydroxylation is 2. The summed E-state index contributed by atoms with van der Waals surface area (Å²) in [7, 11) is 4.65. The SMILES string of the molecule is COC(=O)c1ccsc1-c1cc(OC)c(-c2sccc2C(C)=O)cc1C.COc1cc(-c2sccc2C(C)(C)O)c(C)cc1-c1sccc1C(C)(C)O. The second-order valence-electron chi connectivity index (χ2n) is 13.6. The number of hydrogen-bond donors (Lipinski definition) is 2. The summed E-state index contributed by atoms with van der Waals surface area (Å²) < 4.78 is 16.2. The molecule has 6 aromatic rings. The van der Waals surface area contributed by atoms with Gasteiger partial charge in [0.1, 0.15) is 11.5 Å². The molecule has 0 saturated heterocycles. The highest BCUT2D eigenvalue weighted by Gasteiger charge is 2.27. The molecule has 53 heavy (non-hydrogen) atoms. The fraction of sp³-hybridized carbons (Fsp3) is 0.286. The van der Waals surface area contributed by atoms with E-state index in [0.29, 0.717) is 16.9 Å². The van der Waals surface area contributed by atoms with Crippen molar-refractivity contribution in [3.05, 3.63) is 103 Å². The van der Waals surface area contributed by atoms with E-state index in [1.54, 1.807) is 77.6 Å². The molecule has 0 amide bonds. The molecule has 2 aromatic carbocycles. The molecule has 0 fully saturated rings. The fourth-order valence-corrected chi connectivity index (χ4v) is 10.3.